The fourth-order valence-corrected chi connectivity index (χ4v) is 4.57. The van der Waals surface area contributed by atoms with Crippen molar-refractivity contribution >= 4 is 0 Å². The molecule has 2 aromatic carbocycles. The Labute approximate surface area is 165 Å². The van der Waals surface area contributed by atoms with E-state index in [1.54, 1.807) is 0 Å². The van der Waals surface area contributed by atoms with E-state index in [0.29, 0.717) is 11.5 Å². The second-order valence-electron chi connectivity index (χ2n) is 8.03. The summed E-state index contributed by atoms with van der Waals surface area (Å²) in [7, 11) is 0. The number of nitrogens with one attached hydrogen (secondary N) is 2. The summed E-state index contributed by atoms with van der Waals surface area (Å²) >= 11 is 0. The van der Waals surface area contributed by atoms with Crippen LogP contribution in [0.1, 0.15) is 68.9 Å². The van der Waals surface area contributed by atoms with Crippen LogP contribution in [-0.2, 0) is 0 Å². The topological polar surface area (TPSA) is 24.1 Å². The van der Waals surface area contributed by atoms with Crippen molar-refractivity contribution in [3.63, 3.8) is 0 Å². The fourth-order valence-electron chi connectivity index (χ4n) is 4.57. The first-order chi connectivity index (χ1) is 13.3. The maximum atomic E-state index is 3.87. The molecule has 2 heteroatoms. The third-order valence-corrected chi connectivity index (χ3v) is 6.30. The van der Waals surface area contributed by atoms with Gasteiger partial charge in [-0.1, -0.05) is 86.8 Å². The van der Waals surface area contributed by atoms with Gasteiger partial charge in [-0.2, -0.15) is 0 Å². The lowest BCUT2D eigenvalue weighted by Crippen LogP contribution is -2.48. The normalized spacial score (nSPS) is 16.5. The molecule has 146 valence electrons. The van der Waals surface area contributed by atoms with Crippen LogP contribution in [0.3, 0.4) is 0 Å². The maximum absolute atomic E-state index is 3.87. The van der Waals surface area contributed by atoms with Crippen molar-refractivity contribution in [1.29, 1.82) is 0 Å². The second kappa shape index (κ2) is 10.6. The predicted molar refractivity (Wildman–Crippen MR) is 116 cm³/mol. The van der Waals surface area contributed by atoms with Gasteiger partial charge in [0.1, 0.15) is 0 Å². The number of benzene rings is 2. The van der Waals surface area contributed by atoms with E-state index in [9.17, 15) is 0 Å². The highest BCUT2D eigenvalue weighted by Gasteiger charge is 2.28. The number of hydrogen-bond donors (Lipinski definition) is 2. The molecule has 0 aliphatic heterocycles. The third kappa shape index (κ3) is 5.92. The molecule has 2 nitrogen and oxygen atoms in total. The standard InChI is InChI=1S/C25H36N2/c1-2-25(17-10-5-11-18-25)27-21-20-26-19-16-24(22-12-6-3-7-13-22)23-14-8-4-9-15-23/h3-4,6-9,12-15,24,26-27H,2,5,10-11,16-21H2,1H3. The minimum absolute atomic E-state index is 0.413. The van der Waals surface area contributed by atoms with Crippen molar-refractivity contribution < 1.29 is 0 Å². The van der Waals surface area contributed by atoms with Crippen molar-refractivity contribution in [3.05, 3.63) is 71.8 Å². The predicted octanol–water partition coefficient (Wildman–Crippen LogP) is 5.50. The highest BCUT2D eigenvalue weighted by molar-refractivity contribution is 5.32. The van der Waals surface area contributed by atoms with Gasteiger partial charge in [-0.05, 0) is 43.4 Å². The van der Waals surface area contributed by atoms with Crippen LogP contribution in [-0.4, -0.2) is 25.2 Å². The van der Waals surface area contributed by atoms with Gasteiger partial charge in [-0.3, -0.25) is 0 Å². The van der Waals surface area contributed by atoms with Crippen molar-refractivity contribution in [2.75, 3.05) is 19.6 Å². The summed E-state index contributed by atoms with van der Waals surface area (Å²) in [4.78, 5) is 0. The molecule has 3 rings (SSSR count). The molecule has 1 aliphatic rings. The van der Waals surface area contributed by atoms with Crippen LogP contribution in [0, 0.1) is 0 Å². The van der Waals surface area contributed by atoms with E-state index in [4.69, 9.17) is 0 Å². The van der Waals surface area contributed by atoms with Gasteiger partial charge in [0.2, 0.25) is 0 Å². The third-order valence-electron chi connectivity index (χ3n) is 6.30. The quantitative estimate of drug-likeness (QED) is 0.544. The molecule has 1 fully saturated rings. The van der Waals surface area contributed by atoms with Gasteiger partial charge < -0.3 is 10.6 Å². The summed E-state index contributed by atoms with van der Waals surface area (Å²) in [6.45, 7) is 5.53. The molecule has 2 aromatic rings. The monoisotopic (exact) mass is 364 g/mol. The lowest BCUT2D eigenvalue weighted by molar-refractivity contribution is 0.224. The zero-order valence-corrected chi connectivity index (χ0v) is 16.9. The van der Waals surface area contributed by atoms with Crippen LogP contribution in [0.4, 0.5) is 0 Å². The average molecular weight is 365 g/mol. The van der Waals surface area contributed by atoms with E-state index < -0.39 is 0 Å². The Kier molecular flexibility index (Phi) is 7.92. The van der Waals surface area contributed by atoms with Gasteiger partial charge in [0.25, 0.3) is 0 Å². The zero-order chi connectivity index (χ0) is 18.8. The first-order valence-corrected chi connectivity index (χ1v) is 10.9. The Balaban J connectivity index is 1.46. The Bertz CT molecular complexity index is 592. The lowest BCUT2D eigenvalue weighted by atomic mass is 9.80. The molecule has 1 aliphatic carbocycles. The van der Waals surface area contributed by atoms with Gasteiger partial charge in [0, 0.05) is 24.5 Å². The largest absolute Gasteiger partial charge is 0.315 e. The fraction of sp³-hybridized carbons (Fsp3) is 0.520. The molecule has 0 aromatic heterocycles. The van der Waals surface area contributed by atoms with E-state index in [-0.39, 0.29) is 0 Å². The van der Waals surface area contributed by atoms with E-state index >= 15 is 0 Å². The molecule has 27 heavy (non-hydrogen) atoms. The van der Waals surface area contributed by atoms with E-state index in [1.807, 2.05) is 0 Å². The van der Waals surface area contributed by atoms with Crippen molar-refractivity contribution in [1.82, 2.24) is 10.6 Å². The summed E-state index contributed by atoms with van der Waals surface area (Å²) in [5.41, 5.74) is 3.24. The van der Waals surface area contributed by atoms with Crippen molar-refractivity contribution in [2.45, 2.75) is 63.3 Å². The highest BCUT2D eigenvalue weighted by Crippen LogP contribution is 2.30. The Hall–Kier alpha value is -1.64. The molecule has 0 radical (unpaired) electrons. The van der Waals surface area contributed by atoms with Gasteiger partial charge in [0.15, 0.2) is 0 Å². The molecule has 0 saturated heterocycles. The number of hydrogen-bond acceptors (Lipinski definition) is 2. The molecular weight excluding hydrogens is 328 g/mol. The first-order valence-electron chi connectivity index (χ1n) is 10.9. The van der Waals surface area contributed by atoms with Crippen LogP contribution in [0.2, 0.25) is 0 Å². The summed E-state index contributed by atoms with van der Waals surface area (Å²) in [6.07, 6.45) is 9.31. The Morgan fingerprint density at radius 3 is 1.93 bits per heavy atom. The molecule has 2 N–H and O–H groups in total. The Morgan fingerprint density at radius 2 is 1.37 bits per heavy atom. The highest BCUT2D eigenvalue weighted by atomic mass is 15.0. The minimum Gasteiger partial charge on any atom is -0.315 e. The van der Waals surface area contributed by atoms with Gasteiger partial charge >= 0.3 is 0 Å². The SMILES string of the molecule is CCC1(NCCNCCC(c2ccccc2)c2ccccc2)CCCCC1. The summed E-state index contributed by atoms with van der Waals surface area (Å²) in [5.74, 6) is 0.466. The van der Waals surface area contributed by atoms with E-state index in [1.165, 1.54) is 49.7 Å². The van der Waals surface area contributed by atoms with Crippen molar-refractivity contribution in [3.8, 4) is 0 Å². The van der Waals surface area contributed by atoms with Crippen LogP contribution in [0.25, 0.3) is 0 Å². The Morgan fingerprint density at radius 1 is 0.778 bits per heavy atom. The average Bonchev–Trinajstić information content (AvgIpc) is 2.75. The first kappa shape index (κ1) is 20.1. The van der Waals surface area contributed by atoms with Crippen LogP contribution < -0.4 is 10.6 Å². The molecule has 0 atom stereocenters. The smallest absolute Gasteiger partial charge is 0.0179 e. The van der Waals surface area contributed by atoms with Crippen molar-refractivity contribution in [2.24, 2.45) is 0 Å². The summed E-state index contributed by atoms with van der Waals surface area (Å²) in [5, 5.41) is 7.55. The summed E-state index contributed by atoms with van der Waals surface area (Å²) in [6, 6.07) is 21.8. The zero-order valence-electron chi connectivity index (χ0n) is 16.9. The minimum atomic E-state index is 0.413. The molecular formula is C25H36N2. The van der Waals surface area contributed by atoms with E-state index in [2.05, 4.69) is 78.2 Å². The molecule has 0 unspecified atom stereocenters. The number of rotatable bonds is 10. The summed E-state index contributed by atoms with van der Waals surface area (Å²) < 4.78 is 0. The van der Waals surface area contributed by atoms with Gasteiger partial charge in [-0.15, -0.1) is 0 Å². The van der Waals surface area contributed by atoms with Crippen LogP contribution in [0.15, 0.2) is 60.7 Å². The van der Waals surface area contributed by atoms with Crippen LogP contribution in [0.5, 0.6) is 0 Å². The van der Waals surface area contributed by atoms with E-state index in [0.717, 1.165) is 26.1 Å². The molecule has 1 saturated carbocycles. The second-order valence-corrected chi connectivity index (χ2v) is 8.03. The van der Waals surface area contributed by atoms with Gasteiger partial charge in [-0.25, -0.2) is 0 Å². The molecule has 0 bridgehead atoms. The maximum Gasteiger partial charge on any atom is 0.0179 e. The lowest BCUT2D eigenvalue weighted by Gasteiger charge is -2.37. The molecule has 0 heterocycles. The molecule has 0 spiro atoms. The molecule has 0 amide bonds. The van der Waals surface area contributed by atoms with Crippen LogP contribution >= 0.6 is 0 Å². The van der Waals surface area contributed by atoms with Gasteiger partial charge in [0.05, 0.1) is 0 Å².